The molecule has 0 aliphatic carbocycles. The second-order valence-electron chi connectivity index (χ2n) is 5.17. The van der Waals surface area contributed by atoms with Crippen molar-refractivity contribution in [2.75, 3.05) is 5.32 Å². The van der Waals surface area contributed by atoms with E-state index in [9.17, 15) is 22.4 Å². The first kappa shape index (κ1) is 19.0. The predicted octanol–water partition coefficient (Wildman–Crippen LogP) is 4.33. The molecule has 25 heavy (non-hydrogen) atoms. The number of carbonyl (C=O) groups is 1. The zero-order valence-electron chi connectivity index (χ0n) is 13.2. The molecule has 136 valence electrons. The van der Waals surface area contributed by atoms with Crippen LogP contribution in [0.4, 0.5) is 23.2 Å². The van der Waals surface area contributed by atoms with Crippen molar-refractivity contribution in [3.05, 3.63) is 40.2 Å². The van der Waals surface area contributed by atoms with Gasteiger partial charge in [0.1, 0.15) is 18.0 Å². The second kappa shape index (κ2) is 7.73. The van der Waals surface area contributed by atoms with Crippen LogP contribution in [0.3, 0.4) is 0 Å². The number of rotatable bonds is 6. The standard InChI is InChI=1S/C15H14ClF4N3O2/c1-7-3-4-9(10(5-7)25-15(19)20)21-11(24)6-23-8(2)12(16)13(22-23)14(17)18/h3-5,14-15H,6H2,1-2H3,(H,21,24). The average Bonchev–Trinajstić information content (AvgIpc) is 2.78. The van der Waals surface area contributed by atoms with E-state index < -0.39 is 31.2 Å². The molecular formula is C15H14ClF4N3O2. The molecule has 0 atom stereocenters. The summed E-state index contributed by atoms with van der Waals surface area (Å²) in [5.74, 6) is -0.863. The number of alkyl halides is 4. The Kier molecular flexibility index (Phi) is 5.89. The summed E-state index contributed by atoms with van der Waals surface area (Å²) in [4.78, 5) is 12.1. The fourth-order valence-electron chi connectivity index (χ4n) is 2.09. The van der Waals surface area contributed by atoms with Crippen molar-refractivity contribution in [2.45, 2.75) is 33.4 Å². The monoisotopic (exact) mass is 379 g/mol. The minimum absolute atomic E-state index is 0.0286. The molecule has 10 heteroatoms. The number of hydrogen-bond acceptors (Lipinski definition) is 3. The summed E-state index contributed by atoms with van der Waals surface area (Å²) >= 11 is 5.75. The van der Waals surface area contributed by atoms with Gasteiger partial charge in [-0.1, -0.05) is 17.7 Å². The molecule has 0 saturated carbocycles. The number of amides is 1. The maximum Gasteiger partial charge on any atom is 0.387 e. The van der Waals surface area contributed by atoms with Crippen LogP contribution in [0, 0.1) is 13.8 Å². The highest BCUT2D eigenvalue weighted by atomic mass is 35.5. The van der Waals surface area contributed by atoms with Gasteiger partial charge in [0.15, 0.2) is 0 Å². The minimum atomic E-state index is -3.06. The van der Waals surface area contributed by atoms with Crippen LogP contribution >= 0.6 is 11.6 Å². The molecule has 0 spiro atoms. The Hall–Kier alpha value is -2.29. The number of nitrogens with zero attached hydrogens (tertiary/aromatic N) is 2. The third-order valence-corrected chi connectivity index (χ3v) is 3.75. The largest absolute Gasteiger partial charge is 0.433 e. The van der Waals surface area contributed by atoms with Gasteiger partial charge in [0.25, 0.3) is 6.43 Å². The Morgan fingerprint density at radius 3 is 2.56 bits per heavy atom. The topological polar surface area (TPSA) is 56.2 Å². The van der Waals surface area contributed by atoms with Crippen molar-refractivity contribution < 1.29 is 27.1 Å². The highest BCUT2D eigenvalue weighted by molar-refractivity contribution is 6.31. The van der Waals surface area contributed by atoms with E-state index in [-0.39, 0.29) is 22.2 Å². The number of aromatic nitrogens is 2. The lowest BCUT2D eigenvalue weighted by Crippen LogP contribution is -2.21. The van der Waals surface area contributed by atoms with Gasteiger partial charge in [-0.05, 0) is 31.5 Å². The molecule has 0 radical (unpaired) electrons. The molecule has 0 aliphatic heterocycles. The van der Waals surface area contributed by atoms with Crippen LogP contribution in [-0.4, -0.2) is 22.3 Å². The number of aryl methyl sites for hydroxylation is 1. The zero-order valence-corrected chi connectivity index (χ0v) is 14.0. The van der Waals surface area contributed by atoms with Gasteiger partial charge in [0.05, 0.1) is 16.4 Å². The van der Waals surface area contributed by atoms with Crippen molar-refractivity contribution in [1.82, 2.24) is 9.78 Å². The van der Waals surface area contributed by atoms with Gasteiger partial charge in [-0.15, -0.1) is 0 Å². The Morgan fingerprint density at radius 2 is 2.00 bits per heavy atom. The molecule has 1 heterocycles. The van der Waals surface area contributed by atoms with Crippen molar-refractivity contribution in [2.24, 2.45) is 0 Å². The predicted molar refractivity (Wildman–Crippen MR) is 83.4 cm³/mol. The molecular weight excluding hydrogens is 366 g/mol. The molecule has 1 amide bonds. The molecule has 2 aromatic rings. The molecule has 0 bridgehead atoms. The number of nitrogens with one attached hydrogen (secondary N) is 1. The summed E-state index contributed by atoms with van der Waals surface area (Å²) < 4.78 is 55.8. The van der Waals surface area contributed by atoms with E-state index in [0.717, 1.165) is 4.68 Å². The van der Waals surface area contributed by atoms with Gasteiger partial charge in [-0.2, -0.15) is 13.9 Å². The quantitative estimate of drug-likeness (QED) is 0.760. The molecule has 0 saturated heterocycles. The summed E-state index contributed by atoms with van der Waals surface area (Å²) in [7, 11) is 0. The first-order chi connectivity index (χ1) is 11.7. The number of carbonyl (C=O) groups excluding carboxylic acids is 1. The number of benzene rings is 1. The molecule has 1 N–H and O–H groups in total. The van der Waals surface area contributed by atoms with Gasteiger partial charge >= 0.3 is 6.61 Å². The van der Waals surface area contributed by atoms with E-state index in [0.29, 0.717) is 5.56 Å². The molecule has 0 unspecified atom stereocenters. The molecule has 0 fully saturated rings. The first-order valence-corrected chi connectivity index (χ1v) is 7.43. The van der Waals surface area contributed by atoms with Crippen LogP contribution in [-0.2, 0) is 11.3 Å². The fourth-order valence-corrected chi connectivity index (χ4v) is 2.31. The maximum absolute atomic E-state index is 12.8. The number of hydrogen-bond donors (Lipinski definition) is 1. The summed E-state index contributed by atoms with van der Waals surface area (Å²) in [6.07, 6.45) is -2.88. The normalized spacial score (nSPS) is 11.2. The highest BCUT2D eigenvalue weighted by Gasteiger charge is 2.22. The van der Waals surface area contributed by atoms with Gasteiger partial charge in [0, 0.05) is 0 Å². The summed E-state index contributed by atoms with van der Waals surface area (Å²) in [6.45, 7) is -0.366. The van der Waals surface area contributed by atoms with Crippen LogP contribution in [0.5, 0.6) is 5.75 Å². The Balaban J connectivity index is 2.17. The van der Waals surface area contributed by atoms with E-state index >= 15 is 0 Å². The third-order valence-electron chi connectivity index (χ3n) is 3.29. The lowest BCUT2D eigenvalue weighted by atomic mass is 10.2. The van der Waals surface area contributed by atoms with Crippen LogP contribution in [0.2, 0.25) is 5.02 Å². The number of ether oxygens (including phenoxy) is 1. The summed E-state index contributed by atoms with van der Waals surface area (Å²) in [5, 5.41) is 5.76. The molecule has 5 nitrogen and oxygen atoms in total. The van der Waals surface area contributed by atoms with Crippen molar-refractivity contribution in [3.63, 3.8) is 0 Å². The maximum atomic E-state index is 12.8. The SMILES string of the molecule is Cc1ccc(NC(=O)Cn2nc(C(F)F)c(Cl)c2C)c(OC(F)F)c1. The molecule has 1 aromatic heterocycles. The van der Waals surface area contributed by atoms with Gasteiger partial charge in [-0.25, -0.2) is 8.78 Å². The first-order valence-electron chi connectivity index (χ1n) is 7.05. The molecule has 2 rings (SSSR count). The van der Waals surface area contributed by atoms with Gasteiger partial charge < -0.3 is 10.1 Å². The van der Waals surface area contributed by atoms with Crippen LogP contribution < -0.4 is 10.1 Å². The molecule has 0 aliphatic rings. The van der Waals surface area contributed by atoms with Gasteiger partial charge in [0.2, 0.25) is 5.91 Å². The summed E-state index contributed by atoms with van der Waals surface area (Å²) in [5.41, 5.74) is 0.259. The summed E-state index contributed by atoms with van der Waals surface area (Å²) in [6, 6.07) is 4.34. The third kappa shape index (κ3) is 4.62. The van der Waals surface area contributed by atoms with Crippen LogP contribution in [0.15, 0.2) is 18.2 Å². The Morgan fingerprint density at radius 1 is 1.32 bits per heavy atom. The number of anilines is 1. The van der Waals surface area contributed by atoms with E-state index in [1.807, 2.05) is 0 Å². The lowest BCUT2D eigenvalue weighted by molar-refractivity contribution is -0.117. The van der Waals surface area contributed by atoms with Crippen molar-refractivity contribution in [1.29, 1.82) is 0 Å². The average molecular weight is 380 g/mol. The Labute approximate surface area is 145 Å². The van der Waals surface area contributed by atoms with E-state index in [2.05, 4.69) is 15.2 Å². The Bertz CT molecular complexity index is 780. The highest BCUT2D eigenvalue weighted by Crippen LogP contribution is 2.29. The van der Waals surface area contributed by atoms with Gasteiger partial charge in [-0.3, -0.25) is 9.48 Å². The molecule has 1 aromatic carbocycles. The zero-order chi connectivity index (χ0) is 18.7. The van der Waals surface area contributed by atoms with Crippen molar-refractivity contribution >= 4 is 23.2 Å². The lowest BCUT2D eigenvalue weighted by Gasteiger charge is -2.13. The van der Waals surface area contributed by atoms with E-state index in [4.69, 9.17) is 11.6 Å². The van der Waals surface area contributed by atoms with Crippen LogP contribution in [0.1, 0.15) is 23.4 Å². The second-order valence-corrected chi connectivity index (χ2v) is 5.55. The van der Waals surface area contributed by atoms with Crippen molar-refractivity contribution in [3.8, 4) is 5.75 Å². The van der Waals surface area contributed by atoms with Crippen LogP contribution in [0.25, 0.3) is 0 Å². The smallest absolute Gasteiger partial charge is 0.387 e. The minimum Gasteiger partial charge on any atom is -0.433 e. The van der Waals surface area contributed by atoms with E-state index in [1.54, 1.807) is 13.0 Å². The van der Waals surface area contributed by atoms with E-state index in [1.165, 1.54) is 19.1 Å². The number of halogens is 5. The fraction of sp³-hybridized carbons (Fsp3) is 0.333.